The van der Waals surface area contributed by atoms with Crippen LogP contribution in [-0.4, -0.2) is 49.2 Å². The number of amides is 2. The van der Waals surface area contributed by atoms with Crippen molar-refractivity contribution >= 4 is 44.6 Å². The van der Waals surface area contributed by atoms with E-state index in [2.05, 4.69) is 16.0 Å². The zero-order valence-corrected chi connectivity index (χ0v) is 22.8. The van der Waals surface area contributed by atoms with Gasteiger partial charge in [-0.25, -0.2) is 4.79 Å². The largest absolute Gasteiger partial charge is 0.456 e. The van der Waals surface area contributed by atoms with Gasteiger partial charge >= 0.3 is 6.09 Å². The summed E-state index contributed by atoms with van der Waals surface area (Å²) in [5.74, 6) is 2.07. The summed E-state index contributed by atoms with van der Waals surface area (Å²) in [6, 6.07) is 15.5. The van der Waals surface area contributed by atoms with Crippen LogP contribution < -0.4 is 26.1 Å². The fourth-order valence-electron chi connectivity index (χ4n) is 4.07. The van der Waals surface area contributed by atoms with Gasteiger partial charge in [-0.05, 0) is 37.5 Å². The Morgan fingerprint density at radius 3 is 2.58 bits per heavy atom. The van der Waals surface area contributed by atoms with Crippen molar-refractivity contribution in [2.75, 3.05) is 31.9 Å². The molecular weight excluding hydrogens is 522 g/mol. The number of carbonyl (C=O) groups is 2. The molecule has 38 heavy (non-hydrogen) atoms. The maximum atomic E-state index is 12.6. The van der Waals surface area contributed by atoms with Crippen LogP contribution in [0.15, 0.2) is 63.8 Å². The number of hydrogen-bond acceptors (Lipinski definition) is 8. The Hall–Kier alpha value is -2.95. The molecule has 4 rings (SSSR count). The lowest BCUT2D eigenvalue weighted by atomic mass is 10.1. The van der Waals surface area contributed by atoms with Crippen LogP contribution >= 0.6 is 21.6 Å². The topological polar surface area (TPSA) is 110 Å². The molecule has 8 nitrogen and oxygen atoms in total. The lowest BCUT2D eigenvalue weighted by molar-refractivity contribution is -0.121. The molecule has 1 atom stereocenters. The zero-order chi connectivity index (χ0) is 26.6. The molecule has 1 saturated heterocycles. The van der Waals surface area contributed by atoms with Gasteiger partial charge in [0.05, 0.1) is 5.39 Å². The van der Waals surface area contributed by atoms with Gasteiger partial charge in [-0.2, -0.15) is 0 Å². The van der Waals surface area contributed by atoms with Crippen LogP contribution in [0.1, 0.15) is 32.1 Å². The number of unbranched alkanes of at least 4 members (excludes halogenated alkanes) is 1. The monoisotopic (exact) mass is 555 g/mol. The molecule has 2 aromatic carbocycles. The summed E-state index contributed by atoms with van der Waals surface area (Å²) in [6.45, 7) is 2.06. The van der Waals surface area contributed by atoms with E-state index in [-0.39, 0.29) is 17.1 Å². The molecule has 10 heteroatoms. The zero-order valence-electron chi connectivity index (χ0n) is 21.2. The third kappa shape index (κ3) is 8.82. The van der Waals surface area contributed by atoms with E-state index in [1.807, 2.05) is 51.9 Å². The maximum Gasteiger partial charge on any atom is 0.412 e. The quantitative estimate of drug-likeness (QED) is 0.200. The molecule has 202 valence electrons. The molecule has 2 heterocycles. The van der Waals surface area contributed by atoms with E-state index in [4.69, 9.17) is 9.15 Å². The van der Waals surface area contributed by atoms with Crippen molar-refractivity contribution in [1.82, 2.24) is 16.0 Å². The van der Waals surface area contributed by atoms with Crippen molar-refractivity contribution in [3.05, 3.63) is 64.8 Å². The summed E-state index contributed by atoms with van der Waals surface area (Å²) in [5, 5.41) is 9.86. The van der Waals surface area contributed by atoms with Gasteiger partial charge in [-0.1, -0.05) is 58.3 Å². The van der Waals surface area contributed by atoms with E-state index < -0.39 is 6.09 Å². The molecule has 0 saturated carbocycles. The van der Waals surface area contributed by atoms with Crippen LogP contribution in [0.2, 0.25) is 0 Å². The Kier molecular flexibility index (Phi) is 11.0. The number of hydrogen-bond donors (Lipinski definition) is 3. The standard InChI is InChI=1S/C28H33N3O5S2/c32-24-19-26(20-6-2-1-3-7-20)36-25-11-10-21(18-23(24)25)35-28(34)31-16-14-29-13-15-30-27(33)9-5-4-8-22-12-17-37-38-22/h1-3,6-7,10-11,18-19,22,29H,4-5,8-9,12-17H2,(H,30,33)(H,31,34). The van der Waals surface area contributed by atoms with Gasteiger partial charge in [-0.15, -0.1) is 0 Å². The van der Waals surface area contributed by atoms with Gasteiger partial charge in [0, 0.05) is 55.2 Å². The summed E-state index contributed by atoms with van der Waals surface area (Å²) in [4.78, 5) is 36.7. The highest BCUT2D eigenvalue weighted by Crippen LogP contribution is 2.39. The molecule has 1 aromatic heterocycles. The lowest BCUT2D eigenvalue weighted by Gasteiger charge is -2.09. The van der Waals surface area contributed by atoms with Crippen LogP contribution in [0.4, 0.5) is 4.79 Å². The number of fused-ring (bicyclic) bond motifs is 1. The third-order valence-corrected chi connectivity index (χ3v) is 9.08. The predicted molar refractivity (Wildman–Crippen MR) is 155 cm³/mol. The van der Waals surface area contributed by atoms with E-state index in [0.29, 0.717) is 49.3 Å². The molecule has 0 radical (unpaired) electrons. The molecule has 1 aliphatic rings. The second-order valence-corrected chi connectivity index (χ2v) is 11.8. The average molecular weight is 556 g/mol. The Morgan fingerprint density at radius 2 is 1.79 bits per heavy atom. The molecule has 3 N–H and O–H groups in total. The first-order valence-corrected chi connectivity index (χ1v) is 15.3. The summed E-state index contributed by atoms with van der Waals surface area (Å²) in [6.07, 6.45) is 4.49. The summed E-state index contributed by atoms with van der Waals surface area (Å²) < 4.78 is 11.2. The van der Waals surface area contributed by atoms with Crippen molar-refractivity contribution in [3.63, 3.8) is 0 Å². The first-order valence-electron chi connectivity index (χ1n) is 12.9. The summed E-state index contributed by atoms with van der Waals surface area (Å²) in [7, 11) is 3.94. The van der Waals surface area contributed by atoms with Gasteiger partial charge < -0.3 is 25.1 Å². The molecule has 1 aliphatic heterocycles. The second kappa shape index (κ2) is 14.8. The van der Waals surface area contributed by atoms with Gasteiger partial charge in [-0.3, -0.25) is 9.59 Å². The summed E-state index contributed by atoms with van der Waals surface area (Å²) >= 11 is 0. The normalized spacial score (nSPS) is 14.9. The van der Waals surface area contributed by atoms with Crippen molar-refractivity contribution in [3.8, 4) is 17.1 Å². The molecule has 1 fully saturated rings. The third-order valence-electron chi connectivity index (χ3n) is 6.07. The van der Waals surface area contributed by atoms with E-state index in [1.165, 1.54) is 30.7 Å². The first kappa shape index (κ1) is 28.1. The Labute approximate surface area is 230 Å². The number of rotatable bonds is 13. The highest BCUT2D eigenvalue weighted by Gasteiger charge is 2.16. The van der Waals surface area contributed by atoms with Gasteiger partial charge in [0.1, 0.15) is 17.1 Å². The number of carbonyl (C=O) groups excluding carboxylic acids is 2. The van der Waals surface area contributed by atoms with E-state index >= 15 is 0 Å². The summed E-state index contributed by atoms with van der Waals surface area (Å²) in [5.41, 5.74) is 1.02. The number of nitrogens with one attached hydrogen (secondary N) is 3. The first-order chi connectivity index (χ1) is 18.6. The molecule has 0 aliphatic carbocycles. The Bertz CT molecular complexity index is 1260. The van der Waals surface area contributed by atoms with Crippen molar-refractivity contribution in [2.45, 2.75) is 37.4 Å². The maximum absolute atomic E-state index is 12.6. The molecular formula is C28H33N3O5S2. The Balaban J connectivity index is 1.09. The van der Waals surface area contributed by atoms with Crippen molar-refractivity contribution in [2.24, 2.45) is 0 Å². The smallest absolute Gasteiger partial charge is 0.412 e. The van der Waals surface area contributed by atoms with Crippen LogP contribution in [0.3, 0.4) is 0 Å². The lowest BCUT2D eigenvalue weighted by Crippen LogP contribution is -2.37. The van der Waals surface area contributed by atoms with E-state index in [1.54, 1.807) is 12.1 Å². The van der Waals surface area contributed by atoms with Crippen LogP contribution in [-0.2, 0) is 4.79 Å². The van der Waals surface area contributed by atoms with Crippen LogP contribution in [0.25, 0.3) is 22.3 Å². The molecule has 0 bridgehead atoms. The fourth-order valence-corrected chi connectivity index (χ4v) is 7.09. The van der Waals surface area contributed by atoms with Gasteiger partial charge in [0.15, 0.2) is 5.43 Å². The minimum absolute atomic E-state index is 0.0858. The number of ether oxygens (including phenoxy) is 1. The molecule has 1 unspecified atom stereocenters. The Morgan fingerprint density at radius 1 is 0.974 bits per heavy atom. The predicted octanol–water partition coefficient (Wildman–Crippen LogP) is 4.97. The minimum atomic E-state index is -0.612. The average Bonchev–Trinajstić information content (AvgIpc) is 3.45. The van der Waals surface area contributed by atoms with E-state index in [0.717, 1.165) is 23.7 Å². The minimum Gasteiger partial charge on any atom is -0.456 e. The van der Waals surface area contributed by atoms with Crippen molar-refractivity contribution < 1.29 is 18.7 Å². The van der Waals surface area contributed by atoms with Crippen LogP contribution in [0.5, 0.6) is 5.75 Å². The SMILES string of the molecule is O=C(CCCCC1CCSS1)NCCNCCNC(=O)Oc1ccc2oc(-c3ccccc3)cc(=O)c2c1. The second-order valence-electron chi connectivity index (χ2n) is 8.99. The highest BCUT2D eigenvalue weighted by molar-refractivity contribution is 8.77. The molecule has 3 aromatic rings. The van der Waals surface area contributed by atoms with Gasteiger partial charge in [0.2, 0.25) is 5.91 Å². The highest BCUT2D eigenvalue weighted by atomic mass is 33.1. The van der Waals surface area contributed by atoms with Crippen molar-refractivity contribution in [1.29, 1.82) is 0 Å². The molecule has 0 spiro atoms. The number of benzene rings is 2. The van der Waals surface area contributed by atoms with Crippen LogP contribution in [0, 0.1) is 0 Å². The van der Waals surface area contributed by atoms with E-state index in [9.17, 15) is 14.4 Å². The fraction of sp³-hybridized carbons (Fsp3) is 0.393. The molecule has 2 amide bonds. The van der Waals surface area contributed by atoms with Gasteiger partial charge in [0.25, 0.3) is 0 Å².